The van der Waals surface area contributed by atoms with Crippen LogP contribution in [0.2, 0.25) is 0 Å². The first-order chi connectivity index (χ1) is 7.20. The fraction of sp³-hybridized carbons (Fsp3) is 0.400. The van der Waals surface area contributed by atoms with Crippen LogP contribution in [0.4, 0.5) is 4.79 Å². The van der Waals surface area contributed by atoms with Gasteiger partial charge in [0.05, 0.1) is 0 Å². The number of carbonyl (C=O) groups is 2. The Morgan fingerprint density at radius 3 is 3.07 bits per heavy atom. The molecular formula is C10H10N2O2S. The molecule has 0 N–H and O–H groups in total. The van der Waals surface area contributed by atoms with Crippen LogP contribution in [0.25, 0.3) is 0 Å². The maximum atomic E-state index is 11.9. The molecular weight excluding hydrogens is 212 g/mol. The first-order valence-electron chi connectivity index (χ1n) is 4.84. The Morgan fingerprint density at radius 2 is 2.27 bits per heavy atom. The van der Waals surface area contributed by atoms with Gasteiger partial charge in [0, 0.05) is 18.5 Å². The number of carbonyl (C=O) groups excluding carboxylic acids is 2. The van der Waals surface area contributed by atoms with E-state index in [1.54, 1.807) is 23.3 Å². The number of amides is 3. The van der Waals surface area contributed by atoms with Crippen LogP contribution in [0.15, 0.2) is 11.4 Å². The van der Waals surface area contributed by atoms with Gasteiger partial charge in [0.2, 0.25) is 0 Å². The lowest BCUT2D eigenvalue weighted by molar-refractivity contribution is -0.127. The maximum Gasteiger partial charge on any atom is 0.327 e. The Morgan fingerprint density at radius 1 is 1.47 bits per heavy atom. The van der Waals surface area contributed by atoms with Gasteiger partial charge < -0.3 is 4.90 Å². The second-order valence-electron chi connectivity index (χ2n) is 3.82. The third-order valence-corrected chi connectivity index (χ3v) is 4.06. The van der Waals surface area contributed by atoms with E-state index in [0.717, 1.165) is 12.0 Å². The molecule has 0 bridgehead atoms. The first-order valence-corrected chi connectivity index (χ1v) is 5.72. The van der Waals surface area contributed by atoms with Crippen molar-refractivity contribution in [2.45, 2.75) is 12.5 Å². The number of thiophene rings is 1. The van der Waals surface area contributed by atoms with E-state index in [1.165, 1.54) is 9.78 Å². The molecule has 1 unspecified atom stereocenters. The molecule has 1 saturated heterocycles. The summed E-state index contributed by atoms with van der Waals surface area (Å²) in [5.74, 6) is -0.0978. The summed E-state index contributed by atoms with van der Waals surface area (Å²) in [4.78, 5) is 27.7. The average Bonchev–Trinajstić information content (AvgIpc) is 2.78. The van der Waals surface area contributed by atoms with Crippen molar-refractivity contribution in [1.29, 1.82) is 0 Å². The number of urea groups is 1. The molecule has 1 fully saturated rings. The molecule has 3 heterocycles. The van der Waals surface area contributed by atoms with E-state index in [0.29, 0.717) is 6.54 Å². The summed E-state index contributed by atoms with van der Waals surface area (Å²) in [6.45, 7) is 0.660. The molecule has 0 radical (unpaired) electrons. The Bertz CT molecular complexity index is 454. The minimum Gasteiger partial charge on any atom is -0.308 e. The standard InChI is InChI=1S/C10H10N2O2S/c1-11-9(13)8-6-3-5-15-7(6)2-4-12(8)10(11)14/h3,5,8H,2,4H2,1H3. The van der Waals surface area contributed by atoms with Crippen LogP contribution >= 0.6 is 11.3 Å². The van der Waals surface area contributed by atoms with Gasteiger partial charge in [0.15, 0.2) is 0 Å². The second kappa shape index (κ2) is 2.82. The van der Waals surface area contributed by atoms with E-state index in [9.17, 15) is 9.59 Å². The second-order valence-corrected chi connectivity index (χ2v) is 4.83. The fourth-order valence-electron chi connectivity index (χ4n) is 2.26. The highest BCUT2D eigenvalue weighted by atomic mass is 32.1. The summed E-state index contributed by atoms with van der Waals surface area (Å²) in [5, 5.41) is 1.99. The van der Waals surface area contributed by atoms with Gasteiger partial charge in [-0.05, 0) is 23.4 Å². The predicted molar refractivity (Wildman–Crippen MR) is 55.6 cm³/mol. The van der Waals surface area contributed by atoms with Crippen LogP contribution in [-0.2, 0) is 11.2 Å². The van der Waals surface area contributed by atoms with Crippen molar-refractivity contribution < 1.29 is 9.59 Å². The quantitative estimate of drug-likeness (QED) is 0.620. The molecule has 4 nitrogen and oxygen atoms in total. The van der Waals surface area contributed by atoms with E-state index in [-0.39, 0.29) is 18.0 Å². The topological polar surface area (TPSA) is 40.6 Å². The van der Waals surface area contributed by atoms with Gasteiger partial charge >= 0.3 is 6.03 Å². The lowest BCUT2D eigenvalue weighted by Crippen LogP contribution is -2.35. The van der Waals surface area contributed by atoms with Crippen LogP contribution in [0.3, 0.4) is 0 Å². The largest absolute Gasteiger partial charge is 0.327 e. The van der Waals surface area contributed by atoms with Gasteiger partial charge in [0.1, 0.15) is 6.04 Å². The van der Waals surface area contributed by atoms with Gasteiger partial charge in [-0.1, -0.05) is 0 Å². The Kier molecular flexibility index (Phi) is 1.68. The summed E-state index contributed by atoms with van der Waals surface area (Å²) in [5.41, 5.74) is 1.02. The van der Waals surface area contributed by atoms with E-state index in [1.807, 2.05) is 11.4 Å². The normalized spacial score (nSPS) is 24.5. The number of hydrogen-bond acceptors (Lipinski definition) is 3. The summed E-state index contributed by atoms with van der Waals surface area (Å²) < 4.78 is 0. The van der Waals surface area contributed by atoms with Gasteiger partial charge in [-0.3, -0.25) is 9.69 Å². The van der Waals surface area contributed by atoms with Crippen molar-refractivity contribution >= 4 is 23.3 Å². The molecule has 0 aromatic carbocycles. The van der Waals surface area contributed by atoms with E-state index in [2.05, 4.69) is 0 Å². The summed E-state index contributed by atoms with van der Waals surface area (Å²) in [6, 6.07) is 1.44. The van der Waals surface area contributed by atoms with E-state index in [4.69, 9.17) is 0 Å². The predicted octanol–water partition coefficient (Wildman–Crippen LogP) is 1.24. The minimum atomic E-state index is -0.350. The highest BCUT2D eigenvalue weighted by Gasteiger charge is 2.46. The minimum absolute atomic E-state index is 0.0978. The number of rotatable bonds is 0. The molecule has 3 amide bonds. The van der Waals surface area contributed by atoms with Crippen molar-refractivity contribution in [1.82, 2.24) is 9.80 Å². The molecule has 2 aliphatic rings. The Labute approximate surface area is 91.1 Å². The van der Waals surface area contributed by atoms with E-state index >= 15 is 0 Å². The maximum absolute atomic E-state index is 11.9. The van der Waals surface area contributed by atoms with Crippen molar-refractivity contribution in [3.63, 3.8) is 0 Å². The lowest BCUT2D eigenvalue weighted by Gasteiger charge is -2.26. The molecule has 5 heteroatoms. The molecule has 0 saturated carbocycles. The van der Waals surface area contributed by atoms with Gasteiger partial charge in [-0.25, -0.2) is 4.79 Å². The van der Waals surface area contributed by atoms with Crippen LogP contribution in [0, 0.1) is 0 Å². The molecule has 0 aliphatic carbocycles. The zero-order chi connectivity index (χ0) is 10.6. The molecule has 0 spiro atoms. The fourth-order valence-corrected chi connectivity index (χ4v) is 3.16. The van der Waals surface area contributed by atoms with Crippen LogP contribution in [0.5, 0.6) is 0 Å². The molecule has 78 valence electrons. The smallest absolute Gasteiger partial charge is 0.308 e. The summed E-state index contributed by atoms with van der Waals surface area (Å²) in [7, 11) is 1.55. The first kappa shape index (κ1) is 8.91. The molecule has 3 rings (SSSR count). The van der Waals surface area contributed by atoms with Crippen LogP contribution in [0.1, 0.15) is 16.5 Å². The third kappa shape index (κ3) is 1.01. The highest BCUT2D eigenvalue weighted by Crippen LogP contribution is 2.38. The van der Waals surface area contributed by atoms with Gasteiger partial charge in [-0.2, -0.15) is 0 Å². The number of fused-ring (bicyclic) bond motifs is 3. The molecule has 15 heavy (non-hydrogen) atoms. The number of likely N-dealkylation sites (N-methyl/N-ethyl adjacent to an activating group) is 1. The van der Waals surface area contributed by atoms with Crippen LogP contribution < -0.4 is 0 Å². The SMILES string of the molecule is CN1C(=O)C2c3ccsc3CCN2C1=O. The zero-order valence-electron chi connectivity index (χ0n) is 8.27. The van der Waals surface area contributed by atoms with Gasteiger partial charge in [0.25, 0.3) is 5.91 Å². The van der Waals surface area contributed by atoms with Gasteiger partial charge in [-0.15, -0.1) is 11.3 Å². The summed E-state index contributed by atoms with van der Waals surface area (Å²) in [6.07, 6.45) is 0.871. The lowest BCUT2D eigenvalue weighted by atomic mass is 10.0. The van der Waals surface area contributed by atoms with Crippen molar-refractivity contribution in [2.75, 3.05) is 13.6 Å². The Hall–Kier alpha value is -1.36. The number of imide groups is 1. The van der Waals surface area contributed by atoms with E-state index < -0.39 is 0 Å². The third-order valence-electron chi connectivity index (χ3n) is 3.06. The highest BCUT2D eigenvalue weighted by molar-refractivity contribution is 7.10. The zero-order valence-corrected chi connectivity index (χ0v) is 9.08. The molecule has 1 aromatic heterocycles. The monoisotopic (exact) mass is 222 g/mol. The number of hydrogen-bond donors (Lipinski definition) is 0. The molecule has 1 aromatic rings. The van der Waals surface area contributed by atoms with Crippen LogP contribution in [-0.4, -0.2) is 35.3 Å². The van der Waals surface area contributed by atoms with Crippen molar-refractivity contribution in [3.05, 3.63) is 21.9 Å². The molecule has 1 atom stereocenters. The van der Waals surface area contributed by atoms with Crippen molar-refractivity contribution in [2.24, 2.45) is 0 Å². The Balaban J connectivity index is 2.12. The summed E-state index contributed by atoms with van der Waals surface area (Å²) >= 11 is 1.67. The molecule has 2 aliphatic heterocycles. The van der Waals surface area contributed by atoms with Crippen molar-refractivity contribution in [3.8, 4) is 0 Å². The number of nitrogens with zero attached hydrogens (tertiary/aromatic N) is 2. The average molecular weight is 222 g/mol.